The van der Waals surface area contributed by atoms with E-state index in [1.807, 2.05) is 25.1 Å². The van der Waals surface area contributed by atoms with Crippen molar-refractivity contribution in [3.05, 3.63) is 29.0 Å². The maximum Gasteiger partial charge on any atom is 0.107 e. The van der Waals surface area contributed by atoms with Crippen LogP contribution in [-0.2, 0) is 6.42 Å². The molecule has 3 nitrogen and oxygen atoms in total. The van der Waals surface area contributed by atoms with E-state index >= 15 is 0 Å². The molecule has 1 aromatic carbocycles. The van der Waals surface area contributed by atoms with Gasteiger partial charge in [0, 0.05) is 17.5 Å². The second kappa shape index (κ2) is 4.85. The number of hydrogen-bond donors (Lipinski definition) is 2. The lowest BCUT2D eigenvalue weighted by Crippen LogP contribution is -2.14. The van der Waals surface area contributed by atoms with E-state index < -0.39 is 0 Å². The van der Waals surface area contributed by atoms with E-state index in [1.54, 1.807) is 0 Å². The van der Waals surface area contributed by atoms with E-state index in [1.165, 1.54) is 0 Å². The van der Waals surface area contributed by atoms with Crippen LogP contribution in [0.15, 0.2) is 18.2 Å². The molecule has 0 spiro atoms. The summed E-state index contributed by atoms with van der Waals surface area (Å²) in [6.07, 6.45) is 3.02. The van der Waals surface area contributed by atoms with Crippen LogP contribution in [0.2, 0.25) is 5.02 Å². The monoisotopic (exact) mass is 237 g/mol. The molecule has 0 amide bonds. The van der Waals surface area contributed by atoms with Crippen LogP contribution in [-0.4, -0.2) is 16.0 Å². The Labute approximate surface area is 100 Å². The van der Waals surface area contributed by atoms with Gasteiger partial charge in [0.1, 0.15) is 5.82 Å². The molecular weight excluding hydrogens is 222 g/mol. The third kappa shape index (κ3) is 2.74. The highest BCUT2D eigenvalue weighted by atomic mass is 35.5. The SMILES string of the molecule is CC(N)CCCc1nc2ccc(Cl)cc2[nH]1. The van der Waals surface area contributed by atoms with Gasteiger partial charge in [-0.3, -0.25) is 0 Å². The van der Waals surface area contributed by atoms with E-state index in [2.05, 4.69) is 9.97 Å². The number of aryl methyl sites for hydroxylation is 1. The van der Waals surface area contributed by atoms with Crippen LogP contribution < -0.4 is 5.73 Å². The molecular formula is C12H16ClN3. The van der Waals surface area contributed by atoms with Crippen LogP contribution in [0.3, 0.4) is 0 Å². The highest BCUT2D eigenvalue weighted by molar-refractivity contribution is 6.31. The summed E-state index contributed by atoms with van der Waals surface area (Å²) in [5.41, 5.74) is 7.68. The normalized spacial score (nSPS) is 13.2. The van der Waals surface area contributed by atoms with Gasteiger partial charge in [-0.1, -0.05) is 11.6 Å². The molecule has 0 saturated carbocycles. The topological polar surface area (TPSA) is 54.7 Å². The molecule has 1 unspecified atom stereocenters. The second-order valence-corrected chi connectivity index (χ2v) is 4.65. The lowest BCUT2D eigenvalue weighted by Gasteiger charge is -2.01. The van der Waals surface area contributed by atoms with Gasteiger partial charge in [0.05, 0.1) is 11.0 Å². The maximum atomic E-state index is 5.91. The first-order valence-electron chi connectivity index (χ1n) is 5.55. The van der Waals surface area contributed by atoms with Crippen LogP contribution in [0.4, 0.5) is 0 Å². The standard InChI is InChI=1S/C12H16ClN3/c1-8(14)3-2-4-12-15-10-6-5-9(13)7-11(10)16-12/h5-8H,2-4,14H2,1H3,(H,15,16). The second-order valence-electron chi connectivity index (χ2n) is 4.21. The number of benzene rings is 1. The number of nitrogens with one attached hydrogen (secondary N) is 1. The fourth-order valence-corrected chi connectivity index (χ4v) is 1.92. The molecule has 0 aliphatic rings. The van der Waals surface area contributed by atoms with Crippen molar-refractivity contribution in [3.8, 4) is 0 Å². The van der Waals surface area contributed by atoms with Crippen molar-refractivity contribution in [2.75, 3.05) is 0 Å². The van der Waals surface area contributed by atoms with Crippen LogP contribution in [0.1, 0.15) is 25.6 Å². The number of aromatic nitrogens is 2. The van der Waals surface area contributed by atoms with Gasteiger partial charge in [-0.15, -0.1) is 0 Å². The zero-order valence-electron chi connectivity index (χ0n) is 9.33. The van der Waals surface area contributed by atoms with Gasteiger partial charge < -0.3 is 10.7 Å². The lowest BCUT2D eigenvalue weighted by atomic mass is 10.1. The number of nitrogens with zero attached hydrogens (tertiary/aromatic N) is 1. The first-order chi connectivity index (χ1) is 7.65. The number of aromatic amines is 1. The highest BCUT2D eigenvalue weighted by Crippen LogP contribution is 2.17. The summed E-state index contributed by atoms with van der Waals surface area (Å²) in [6, 6.07) is 5.96. The summed E-state index contributed by atoms with van der Waals surface area (Å²) < 4.78 is 0. The van der Waals surface area contributed by atoms with E-state index in [9.17, 15) is 0 Å². The molecule has 1 heterocycles. The summed E-state index contributed by atoms with van der Waals surface area (Å²) in [4.78, 5) is 7.77. The Kier molecular flexibility index (Phi) is 3.46. The zero-order chi connectivity index (χ0) is 11.5. The van der Waals surface area contributed by atoms with Crippen molar-refractivity contribution in [1.82, 2.24) is 9.97 Å². The molecule has 0 bridgehead atoms. The average molecular weight is 238 g/mol. The molecule has 0 saturated heterocycles. The Balaban J connectivity index is 2.08. The molecule has 3 N–H and O–H groups in total. The van der Waals surface area contributed by atoms with Crippen molar-refractivity contribution < 1.29 is 0 Å². The minimum atomic E-state index is 0.263. The summed E-state index contributed by atoms with van der Waals surface area (Å²) in [7, 11) is 0. The molecule has 0 radical (unpaired) electrons. The van der Waals surface area contributed by atoms with Gasteiger partial charge >= 0.3 is 0 Å². The van der Waals surface area contributed by atoms with Gasteiger partial charge in [0.25, 0.3) is 0 Å². The van der Waals surface area contributed by atoms with E-state index in [4.69, 9.17) is 17.3 Å². The van der Waals surface area contributed by atoms with Crippen molar-refractivity contribution in [2.45, 2.75) is 32.2 Å². The maximum absolute atomic E-state index is 5.91. The lowest BCUT2D eigenvalue weighted by molar-refractivity contribution is 0.616. The van der Waals surface area contributed by atoms with Crippen LogP contribution in [0, 0.1) is 0 Å². The number of nitrogens with two attached hydrogens (primary N) is 1. The number of imidazole rings is 1. The highest BCUT2D eigenvalue weighted by Gasteiger charge is 2.03. The first kappa shape index (κ1) is 11.4. The third-order valence-electron chi connectivity index (χ3n) is 2.57. The molecule has 16 heavy (non-hydrogen) atoms. The van der Waals surface area contributed by atoms with Crippen molar-refractivity contribution in [3.63, 3.8) is 0 Å². The van der Waals surface area contributed by atoms with Gasteiger partial charge in [-0.2, -0.15) is 0 Å². The number of halogens is 1. The summed E-state index contributed by atoms with van der Waals surface area (Å²) in [5, 5.41) is 0.735. The van der Waals surface area contributed by atoms with Gasteiger partial charge in [-0.05, 0) is 38.0 Å². The molecule has 0 aliphatic carbocycles. The first-order valence-corrected chi connectivity index (χ1v) is 5.92. The van der Waals surface area contributed by atoms with E-state index in [0.717, 1.165) is 41.1 Å². The van der Waals surface area contributed by atoms with Crippen molar-refractivity contribution in [1.29, 1.82) is 0 Å². The van der Waals surface area contributed by atoms with Crippen molar-refractivity contribution in [2.24, 2.45) is 5.73 Å². The minimum absolute atomic E-state index is 0.263. The molecule has 1 aromatic heterocycles. The average Bonchev–Trinajstić information content (AvgIpc) is 2.58. The minimum Gasteiger partial charge on any atom is -0.342 e. The summed E-state index contributed by atoms with van der Waals surface area (Å²) in [6.45, 7) is 2.03. The van der Waals surface area contributed by atoms with E-state index in [0.29, 0.717) is 0 Å². The largest absolute Gasteiger partial charge is 0.342 e. The number of rotatable bonds is 4. The molecule has 0 aliphatic heterocycles. The Hall–Kier alpha value is -1.06. The van der Waals surface area contributed by atoms with Gasteiger partial charge in [-0.25, -0.2) is 4.98 Å². The predicted molar refractivity (Wildman–Crippen MR) is 67.7 cm³/mol. The smallest absolute Gasteiger partial charge is 0.107 e. The van der Waals surface area contributed by atoms with Crippen molar-refractivity contribution >= 4 is 22.6 Å². The number of hydrogen-bond acceptors (Lipinski definition) is 2. The Morgan fingerprint density at radius 1 is 1.50 bits per heavy atom. The van der Waals surface area contributed by atoms with Gasteiger partial charge in [0.15, 0.2) is 0 Å². The quantitative estimate of drug-likeness (QED) is 0.859. The number of fused-ring (bicyclic) bond motifs is 1. The molecule has 2 aromatic rings. The fraction of sp³-hybridized carbons (Fsp3) is 0.417. The number of H-pyrrole nitrogens is 1. The Morgan fingerprint density at radius 2 is 2.31 bits per heavy atom. The summed E-state index contributed by atoms with van der Waals surface area (Å²) >= 11 is 5.91. The third-order valence-corrected chi connectivity index (χ3v) is 2.80. The Bertz CT molecular complexity index is 476. The molecule has 86 valence electrons. The predicted octanol–water partition coefficient (Wildman–Crippen LogP) is 2.89. The fourth-order valence-electron chi connectivity index (χ4n) is 1.74. The zero-order valence-corrected chi connectivity index (χ0v) is 10.1. The van der Waals surface area contributed by atoms with Crippen LogP contribution >= 0.6 is 11.6 Å². The van der Waals surface area contributed by atoms with Crippen LogP contribution in [0.5, 0.6) is 0 Å². The van der Waals surface area contributed by atoms with E-state index in [-0.39, 0.29) is 6.04 Å². The molecule has 2 rings (SSSR count). The molecule has 1 atom stereocenters. The van der Waals surface area contributed by atoms with Crippen LogP contribution in [0.25, 0.3) is 11.0 Å². The molecule has 4 heteroatoms. The summed E-state index contributed by atoms with van der Waals surface area (Å²) in [5.74, 6) is 1.01. The van der Waals surface area contributed by atoms with Gasteiger partial charge in [0.2, 0.25) is 0 Å². The Morgan fingerprint density at radius 3 is 3.06 bits per heavy atom. The molecule has 0 fully saturated rings.